The van der Waals surface area contributed by atoms with Crippen molar-refractivity contribution in [2.45, 2.75) is 46.2 Å². The van der Waals surface area contributed by atoms with E-state index < -0.39 is 0 Å². The van der Waals surface area contributed by atoms with Gasteiger partial charge in [-0.05, 0) is 67.3 Å². The molecule has 3 aromatic rings. The number of amides is 2. The smallest absolute Gasteiger partial charge is 0.254 e. The monoisotopic (exact) mass is 549 g/mol. The van der Waals surface area contributed by atoms with Crippen molar-refractivity contribution in [3.8, 4) is 0 Å². The summed E-state index contributed by atoms with van der Waals surface area (Å²) in [5.74, 6) is 0.715. The number of hydrogen-bond acceptors (Lipinski definition) is 5. The molecule has 1 aliphatic heterocycles. The number of nitrogens with zero attached hydrogens (tertiary/aromatic N) is 3. The van der Waals surface area contributed by atoms with Gasteiger partial charge in [0.05, 0.1) is 19.8 Å². The summed E-state index contributed by atoms with van der Waals surface area (Å²) in [5, 5.41) is 0. The Kier molecular flexibility index (Phi) is 10.9. The second-order valence-electron chi connectivity index (χ2n) is 10.4. The Hall–Kier alpha value is -3.49. The van der Waals surface area contributed by atoms with Crippen LogP contribution in [0.25, 0.3) is 0 Å². The molecule has 0 N–H and O–H groups in total. The van der Waals surface area contributed by atoms with Crippen LogP contribution >= 0.6 is 0 Å². The maximum absolute atomic E-state index is 13.8. The average Bonchev–Trinajstić information content (AvgIpc) is 3.39. The van der Waals surface area contributed by atoms with Crippen molar-refractivity contribution in [2.75, 3.05) is 45.9 Å². The number of unbranched alkanes of at least 4 members (excludes halogenated alkanes) is 1. The lowest BCUT2D eigenvalue weighted by Crippen LogP contribution is -2.47. The van der Waals surface area contributed by atoms with E-state index in [4.69, 9.17) is 9.15 Å². The predicted molar refractivity (Wildman–Crippen MR) is 152 cm³/mol. The number of carbonyl (C=O) groups is 2. The molecular formula is C32H40FN3O4. The summed E-state index contributed by atoms with van der Waals surface area (Å²) in [6.45, 7) is 8.49. The van der Waals surface area contributed by atoms with Crippen LogP contribution in [0.1, 0.15) is 52.8 Å². The van der Waals surface area contributed by atoms with Gasteiger partial charge < -0.3 is 19.0 Å². The number of benzene rings is 2. The second-order valence-corrected chi connectivity index (χ2v) is 10.4. The normalized spacial score (nSPS) is 13.8. The molecule has 1 saturated heterocycles. The first-order valence-corrected chi connectivity index (χ1v) is 14.2. The van der Waals surface area contributed by atoms with E-state index in [-0.39, 0.29) is 37.3 Å². The molecule has 214 valence electrons. The number of hydrogen-bond donors (Lipinski definition) is 0. The van der Waals surface area contributed by atoms with Gasteiger partial charge in [-0.25, -0.2) is 4.39 Å². The fourth-order valence-electron chi connectivity index (χ4n) is 4.78. The van der Waals surface area contributed by atoms with Crippen LogP contribution in [0.4, 0.5) is 4.39 Å². The molecule has 0 spiro atoms. The van der Waals surface area contributed by atoms with E-state index in [0.29, 0.717) is 37.6 Å². The molecule has 4 rings (SSSR count). The van der Waals surface area contributed by atoms with E-state index in [0.717, 1.165) is 43.7 Å². The molecule has 2 amide bonds. The molecule has 1 aliphatic rings. The molecule has 0 saturated carbocycles. The lowest BCUT2D eigenvalue weighted by atomic mass is 10.1. The summed E-state index contributed by atoms with van der Waals surface area (Å²) < 4.78 is 24.7. The van der Waals surface area contributed by atoms with Crippen molar-refractivity contribution in [1.29, 1.82) is 0 Å². The Labute approximate surface area is 236 Å². The molecule has 0 radical (unpaired) electrons. The van der Waals surface area contributed by atoms with Crippen LogP contribution < -0.4 is 0 Å². The maximum Gasteiger partial charge on any atom is 0.254 e. The minimum Gasteiger partial charge on any atom is -0.464 e. The predicted octanol–water partition coefficient (Wildman–Crippen LogP) is 5.07. The number of morpholine rings is 1. The molecule has 1 fully saturated rings. The summed E-state index contributed by atoms with van der Waals surface area (Å²) in [5.41, 5.74) is 2.57. The maximum atomic E-state index is 13.8. The minimum absolute atomic E-state index is 0.0678. The molecule has 40 heavy (non-hydrogen) atoms. The fourth-order valence-corrected chi connectivity index (χ4v) is 4.78. The van der Waals surface area contributed by atoms with Crippen molar-refractivity contribution in [3.63, 3.8) is 0 Å². The lowest BCUT2D eigenvalue weighted by molar-refractivity contribution is -0.133. The minimum atomic E-state index is -0.330. The van der Waals surface area contributed by atoms with Gasteiger partial charge in [0, 0.05) is 38.3 Å². The topological polar surface area (TPSA) is 66.2 Å². The molecule has 0 unspecified atom stereocenters. The van der Waals surface area contributed by atoms with Crippen LogP contribution in [-0.2, 0) is 29.0 Å². The van der Waals surface area contributed by atoms with E-state index in [1.165, 1.54) is 17.7 Å². The first-order chi connectivity index (χ1) is 19.4. The van der Waals surface area contributed by atoms with Crippen LogP contribution in [-0.4, -0.2) is 72.5 Å². The summed E-state index contributed by atoms with van der Waals surface area (Å²) in [4.78, 5) is 33.0. The molecule has 0 atom stereocenters. The van der Waals surface area contributed by atoms with Crippen molar-refractivity contribution >= 4 is 11.8 Å². The van der Waals surface area contributed by atoms with Crippen molar-refractivity contribution in [2.24, 2.45) is 0 Å². The highest BCUT2D eigenvalue weighted by Gasteiger charge is 2.24. The Morgan fingerprint density at radius 1 is 0.900 bits per heavy atom. The molecule has 2 aromatic carbocycles. The standard InChI is InChI=1S/C32H40FN3O4/c1-3-4-5-26-7-11-28(12-8-26)32(38)35(17-16-34-18-20-39-21-19-34)24-31(37)36(23-30-15-6-25(2)40-30)22-27-9-13-29(33)14-10-27/h6-15H,3-5,16-24H2,1-2H3. The van der Waals surface area contributed by atoms with Crippen molar-refractivity contribution < 1.29 is 23.1 Å². The summed E-state index contributed by atoms with van der Waals surface area (Å²) in [6, 6.07) is 17.6. The van der Waals surface area contributed by atoms with Gasteiger partial charge in [-0.15, -0.1) is 0 Å². The number of furan rings is 1. The van der Waals surface area contributed by atoms with E-state index in [9.17, 15) is 14.0 Å². The largest absolute Gasteiger partial charge is 0.464 e. The highest BCUT2D eigenvalue weighted by molar-refractivity contribution is 5.96. The Morgan fingerprint density at radius 3 is 2.25 bits per heavy atom. The Balaban J connectivity index is 1.52. The number of halogens is 1. The highest BCUT2D eigenvalue weighted by atomic mass is 19.1. The molecule has 2 heterocycles. The summed E-state index contributed by atoms with van der Waals surface area (Å²) in [6.07, 6.45) is 3.20. The number of ether oxygens (including phenoxy) is 1. The molecule has 0 bridgehead atoms. The molecule has 0 aliphatic carbocycles. The van der Waals surface area contributed by atoms with Crippen LogP contribution in [0, 0.1) is 12.7 Å². The second kappa shape index (κ2) is 14.8. The van der Waals surface area contributed by atoms with Gasteiger partial charge in [0.25, 0.3) is 5.91 Å². The summed E-state index contributed by atoms with van der Waals surface area (Å²) in [7, 11) is 0. The van der Waals surface area contributed by atoms with Crippen LogP contribution in [0.2, 0.25) is 0 Å². The van der Waals surface area contributed by atoms with E-state index in [1.54, 1.807) is 21.9 Å². The lowest BCUT2D eigenvalue weighted by Gasteiger charge is -2.31. The van der Waals surface area contributed by atoms with E-state index in [2.05, 4.69) is 11.8 Å². The Morgan fingerprint density at radius 2 is 1.60 bits per heavy atom. The number of rotatable bonds is 13. The highest BCUT2D eigenvalue weighted by Crippen LogP contribution is 2.16. The first kappa shape index (κ1) is 29.5. The summed E-state index contributed by atoms with van der Waals surface area (Å²) >= 11 is 0. The van der Waals surface area contributed by atoms with E-state index >= 15 is 0 Å². The number of aryl methyl sites for hydroxylation is 2. The number of carbonyl (C=O) groups excluding carboxylic acids is 2. The Bertz CT molecular complexity index is 1220. The van der Waals surface area contributed by atoms with Gasteiger partial charge in [0.15, 0.2) is 0 Å². The molecule has 7 nitrogen and oxygen atoms in total. The first-order valence-electron chi connectivity index (χ1n) is 14.2. The van der Waals surface area contributed by atoms with Gasteiger partial charge in [-0.3, -0.25) is 14.5 Å². The third kappa shape index (κ3) is 8.76. The van der Waals surface area contributed by atoms with Gasteiger partial charge in [-0.2, -0.15) is 0 Å². The third-order valence-corrected chi connectivity index (χ3v) is 7.21. The average molecular weight is 550 g/mol. The van der Waals surface area contributed by atoms with Crippen LogP contribution in [0.15, 0.2) is 65.1 Å². The van der Waals surface area contributed by atoms with Gasteiger partial charge in [0.1, 0.15) is 23.9 Å². The van der Waals surface area contributed by atoms with Gasteiger partial charge >= 0.3 is 0 Å². The zero-order valence-corrected chi connectivity index (χ0v) is 23.6. The van der Waals surface area contributed by atoms with Gasteiger partial charge in [-0.1, -0.05) is 37.6 Å². The quantitative estimate of drug-likeness (QED) is 0.298. The fraction of sp³-hybridized carbons (Fsp3) is 0.438. The van der Waals surface area contributed by atoms with Crippen LogP contribution in [0.5, 0.6) is 0 Å². The molecule has 8 heteroatoms. The van der Waals surface area contributed by atoms with Crippen molar-refractivity contribution in [1.82, 2.24) is 14.7 Å². The van der Waals surface area contributed by atoms with Crippen LogP contribution in [0.3, 0.4) is 0 Å². The zero-order chi connectivity index (χ0) is 28.3. The SMILES string of the molecule is CCCCc1ccc(C(=O)N(CCN2CCOCC2)CC(=O)N(Cc2ccc(F)cc2)Cc2ccc(C)o2)cc1. The third-order valence-electron chi connectivity index (χ3n) is 7.21. The van der Waals surface area contributed by atoms with Crippen molar-refractivity contribution in [3.05, 3.63) is 94.7 Å². The molecular weight excluding hydrogens is 509 g/mol. The zero-order valence-electron chi connectivity index (χ0n) is 23.6. The van der Waals surface area contributed by atoms with E-state index in [1.807, 2.05) is 43.3 Å². The van der Waals surface area contributed by atoms with Gasteiger partial charge in [0.2, 0.25) is 5.91 Å². The molecule has 1 aromatic heterocycles.